The first kappa shape index (κ1) is 14.5. The molecule has 4 nitrogen and oxygen atoms in total. The zero-order chi connectivity index (χ0) is 14.0. The van der Waals surface area contributed by atoms with Gasteiger partial charge in [0.05, 0.1) is 10.7 Å². The molecule has 1 aromatic rings. The van der Waals surface area contributed by atoms with Crippen molar-refractivity contribution in [2.45, 2.75) is 52.5 Å². The van der Waals surface area contributed by atoms with Crippen LogP contribution in [0.5, 0.6) is 0 Å². The molecule has 19 heavy (non-hydrogen) atoms. The van der Waals surface area contributed by atoms with E-state index in [-0.39, 0.29) is 17.9 Å². The largest absolute Gasteiger partial charge is 0.328 e. The van der Waals surface area contributed by atoms with Crippen LogP contribution in [-0.2, 0) is 11.2 Å². The van der Waals surface area contributed by atoms with Crippen LogP contribution in [0.25, 0.3) is 0 Å². The lowest BCUT2D eigenvalue weighted by molar-refractivity contribution is -0.119. The molecule has 0 saturated heterocycles. The van der Waals surface area contributed by atoms with Gasteiger partial charge in [-0.3, -0.25) is 4.79 Å². The van der Waals surface area contributed by atoms with E-state index in [4.69, 9.17) is 5.73 Å². The van der Waals surface area contributed by atoms with Gasteiger partial charge in [0.2, 0.25) is 5.91 Å². The topological polar surface area (TPSA) is 68.0 Å². The zero-order valence-corrected chi connectivity index (χ0v) is 12.7. The summed E-state index contributed by atoms with van der Waals surface area (Å²) >= 11 is 1.57. The summed E-state index contributed by atoms with van der Waals surface area (Å²) in [5, 5.41) is 5.00. The number of nitrogens with zero attached hydrogens (tertiary/aromatic N) is 1. The molecule has 1 amide bonds. The van der Waals surface area contributed by atoms with Gasteiger partial charge in [0.15, 0.2) is 0 Å². The number of nitrogens with two attached hydrogens (primary N) is 1. The summed E-state index contributed by atoms with van der Waals surface area (Å²) in [5.41, 5.74) is 6.89. The monoisotopic (exact) mass is 281 g/mol. The van der Waals surface area contributed by atoms with E-state index >= 15 is 0 Å². The Hall–Kier alpha value is -0.940. The molecule has 0 bridgehead atoms. The summed E-state index contributed by atoms with van der Waals surface area (Å²) < 4.78 is 0. The Kier molecular flexibility index (Phi) is 4.58. The van der Waals surface area contributed by atoms with E-state index in [2.05, 4.69) is 24.1 Å². The van der Waals surface area contributed by atoms with E-state index in [9.17, 15) is 4.79 Å². The second kappa shape index (κ2) is 6.01. The average molecular weight is 281 g/mol. The lowest BCUT2D eigenvalue weighted by atomic mass is 10.1. The van der Waals surface area contributed by atoms with Crippen LogP contribution in [0.2, 0.25) is 0 Å². The first-order chi connectivity index (χ1) is 8.95. The van der Waals surface area contributed by atoms with Crippen LogP contribution < -0.4 is 11.1 Å². The molecular weight excluding hydrogens is 258 g/mol. The van der Waals surface area contributed by atoms with Crippen LogP contribution in [0.4, 0.5) is 5.00 Å². The maximum absolute atomic E-state index is 12.2. The number of thiazole rings is 1. The molecule has 5 heteroatoms. The lowest BCUT2D eigenvalue weighted by Gasteiger charge is -2.11. The van der Waals surface area contributed by atoms with Crippen molar-refractivity contribution in [3.8, 4) is 0 Å². The van der Waals surface area contributed by atoms with Crippen molar-refractivity contribution >= 4 is 22.2 Å². The van der Waals surface area contributed by atoms with E-state index in [1.54, 1.807) is 11.3 Å². The second-order valence-corrected chi connectivity index (χ2v) is 7.07. The van der Waals surface area contributed by atoms with Crippen molar-refractivity contribution in [2.75, 3.05) is 5.32 Å². The first-order valence-corrected chi connectivity index (χ1v) is 7.80. The molecule has 0 aliphatic heterocycles. The van der Waals surface area contributed by atoms with Crippen molar-refractivity contribution in [3.05, 3.63) is 10.7 Å². The van der Waals surface area contributed by atoms with Crippen LogP contribution in [-0.4, -0.2) is 16.9 Å². The molecule has 1 aliphatic carbocycles. The van der Waals surface area contributed by atoms with Crippen LogP contribution >= 0.6 is 11.3 Å². The highest BCUT2D eigenvalue weighted by molar-refractivity contribution is 7.16. The molecule has 2 atom stereocenters. The zero-order valence-electron chi connectivity index (χ0n) is 11.9. The minimum Gasteiger partial charge on any atom is -0.328 e. The molecule has 0 aromatic carbocycles. The van der Waals surface area contributed by atoms with Gasteiger partial charge in [-0.05, 0) is 38.5 Å². The molecule has 1 heterocycles. The minimum absolute atomic E-state index is 0.0734. The van der Waals surface area contributed by atoms with Gasteiger partial charge in [0, 0.05) is 12.0 Å². The molecule has 0 spiro atoms. The van der Waals surface area contributed by atoms with Gasteiger partial charge in [-0.15, -0.1) is 11.3 Å². The molecule has 1 aromatic heterocycles. The summed E-state index contributed by atoms with van der Waals surface area (Å²) in [6, 6.07) is 0.189. The molecule has 1 aliphatic rings. The van der Waals surface area contributed by atoms with Crippen molar-refractivity contribution in [2.24, 2.45) is 17.6 Å². The van der Waals surface area contributed by atoms with Crippen LogP contribution in [0.1, 0.15) is 43.8 Å². The van der Waals surface area contributed by atoms with Gasteiger partial charge >= 0.3 is 0 Å². The third-order valence-electron chi connectivity index (χ3n) is 3.49. The van der Waals surface area contributed by atoms with Crippen LogP contribution in [0.15, 0.2) is 0 Å². The van der Waals surface area contributed by atoms with Gasteiger partial charge in [-0.1, -0.05) is 13.8 Å². The Morgan fingerprint density at radius 3 is 2.84 bits per heavy atom. The molecule has 1 fully saturated rings. The summed E-state index contributed by atoms with van der Waals surface area (Å²) in [6.45, 7) is 6.31. The summed E-state index contributed by atoms with van der Waals surface area (Å²) in [5.74, 6) is 0.725. The lowest BCUT2D eigenvalue weighted by Crippen LogP contribution is -2.23. The number of anilines is 1. The fourth-order valence-corrected chi connectivity index (χ4v) is 3.41. The fraction of sp³-hybridized carbons (Fsp3) is 0.714. The SMILES string of the molecule is Cc1nc(CC(C)C)c(NC(=O)C2CCC(N)C2)s1. The summed E-state index contributed by atoms with van der Waals surface area (Å²) in [7, 11) is 0. The van der Waals surface area contributed by atoms with Crippen molar-refractivity contribution in [3.63, 3.8) is 0 Å². The van der Waals surface area contributed by atoms with Gasteiger partial charge < -0.3 is 11.1 Å². The molecular formula is C14H23N3OS. The predicted octanol–water partition coefficient (Wildman–Crippen LogP) is 2.72. The van der Waals surface area contributed by atoms with Gasteiger partial charge in [0.25, 0.3) is 0 Å². The number of aromatic nitrogens is 1. The molecule has 2 unspecified atom stereocenters. The third-order valence-corrected chi connectivity index (χ3v) is 4.42. The molecule has 2 rings (SSSR count). The average Bonchev–Trinajstić information content (AvgIpc) is 2.85. The Bertz CT molecular complexity index is 456. The van der Waals surface area contributed by atoms with Crippen molar-refractivity contribution < 1.29 is 4.79 Å². The van der Waals surface area contributed by atoms with E-state index in [0.717, 1.165) is 41.4 Å². The van der Waals surface area contributed by atoms with E-state index in [0.29, 0.717) is 5.92 Å². The number of hydrogen-bond acceptors (Lipinski definition) is 4. The molecule has 3 N–H and O–H groups in total. The maximum Gasteiger partial charge on any atom is 0.228 e. The Morgan fingerprint density at radius 1 is 1.53 bits per heavy atom. The number of nitrogens with one attached hydrogen (secondary N) is 1. The highest BCUT2D eigenvalue weighted by Crippen LogP contribution is 2.30. The van der Waals surface area contributed by atoms with Gasteiger partial charge in [-0.25, -0.2) is 4.98 Å². The Balaban J connectivity index is 2.03. The number of hydrogen-bond donors (Lipinski definition) is 2. The highest BCUT2D eigenvalue weighted by Gasteiger charge is 2.28. The Labute approximate surface area is 118 Å². The Morgan fingerprint density at radius 2 is 2.26 bits per heavy atom. The van der Waals surface area contributed by atoms with Gasteiger partial charge in [0.1, 0.15) is 5.00 Å². The third kappa shape index (κ3) is 3.76. The van der Waals surface area contributed by atoms with E-state index in [1.807, 2.05) is 6.92 Å². The minimum atomic E-state index is 0.0734. The van der Waals surface area contributed by atoms with Crippen LogP contribution in [0.3, 0.4) is 0 Å². The smallest absolute Gasteiger partial charge is 0.228 e. The summed E-state index contributed by atoms with van der Waals surface area (Å²) in [4.78, 5) is 16.7. The summed E-state index contributed by atoms with van der Waals surface area (Å²) in [6.07, 6.45) is 3.58. The van der Waals surface area contributed by atoms with Crippen LogP contribution in [0, 0.1) is 18.8 Å². The van der Waals surface area contributed by atoms with Crippen molar-refractivity contribution in [1.82, 2.24) is 4.98 Å². The number of aryl methyl sites for hydroxylation is 1. The second-order valence-electron chi connectivity index (χ2n) is 5.87. The molecule has 106 valence electrons. The van der Waals surface area contributed by atoms with E-state index in [1.165, 1.54) is 0 Å². The van der Waals surface area contributed by atoms with E-state index < -0.39 is 0 Å². The normalized spacial score (nSPS) is 23.0. The molecule has 0 radical (unpaired) electrons. The van der Waals surface area contributed by atoms with Gasteiger partial charge in [-0.2, -0.15) is 0 Å². The predicted molar refractivity (Wildman–Crippen MR) is 79.3 cm³/mol. The number of carbonyl (C=O) groups is 1. The maximum atomic E-state index is 12.2. The fourth-order valence-electron chi connectivity index (χ4n) is 2.56. The highest BCUT2D eigenvalue weighted by atomic mass is 32.1. The first-order valence-electron chi connectivity index (χ1n) is 6.98. The molecule has 1 saturated carbocycles. The number of amides is 1. The quantitative estimate of drug-likeness (QED) is 0.891. The number of carbonyl (C=O) groups excluding carboxylic acids is 1. The van der Waals surface area contributed by atoms with Crippen molar-refractivity contribution in [1.29, 1.82) is 0 Å². The number of rotatable bonds is 4. The standard InChI is InChI=1S/C14H23N3OS/c1-8(2)6-12-14(19-9(3)16-12)17-13(18)10-4-5-11(15)7-10/h8,10-11H,4-7,15H2,1-3H3,(H,17,18).